The Bertz CT molecular complexity index is 706. The topological polar surface area (TPSA) is 38.1 Å². The molecular formula is C18H21N3O. The molecule has 0 amide bonds. The van der Waals surface area contributed by atoms with Crippen LogP contribution in [-0.2, 0) is 11.8 Å². The van der Waals surface area contributed by atoms with Gasteiger partial charge < -0.3 is 4.90 Å². The molecule has 2 aromatic rings. The van der Waals surface area contributed by atoms with E-state index in [4.69, 9.17) is 0 Å². The Hall–Kier alpha value is -2.62. The van der Waals surface area contributed by atoms with Gasteiger partial charge in [0.05, 0.1) is 6.20 Å². The fourth-order valence-electron chi connectivity index (χ4n) is 1.97. The van der Waals surface area contributed by atoms with Gasteiger partial charge >= 0.3 is 0 Å². The minimum absolute atomic E-state index is 0.0417. The van der Waals surface area contributed by atoms with Crippen molar-refractivity contribution in [1.82, 2.24) is 9.78 Å². The number of hydrogen-bond acceptors (Lipinski definition) is 3. The number of benzene rings is 1. The van der Waals surface area contributed by atoms with Crippen molar-refractivity contribution in [2.45, 2.75) is 6.92 Å². The lowest BCUT2D eigenvalue weighted by Gasteiger charge is -2.11. The van der Waals surface area contributed by atoms with E-state index in [0.717, 1.165) is 22.5 Å². The summed E-state index contributed by atoms with van der Waals surface area (Å²) in [4.78, 5) is 13.9. The fraction of sp³-hybridized carbons (Fsp3) is 0.222. The van der Waals surface area contributed by atoms with Gasteiger partial charge in [0.2, 0.25) is 0 Å². The third-order valence-electron chi connectivity index (χ3n) is 3.55. The number of carbonyl (C=O) groups excluding carboxylic acids is 1. The molecule has 0 spiro atoms. The van der Waals surface area contributed by atoms with Crippen LogP contribution in [0, 0.1) is 6.92 Å². The molecule has 2 rings (SSSR count). The first-order valence-electron chi connectivity index (χ1n) is 7.13. The molecule has 1 heterocycles. The normalized spacial score (nSPS) is 11.5. The molecule has 0 fully saturated rings. The Morgan fingerprint density at radius 3 is 2.32 bits per heavy atom. The second-order valence-corrected chi connectivity index (χ2v) is 5.36. The van der Waals surface area contributed by atoms with Gasteiger partial charge in [-0.1, -0.05) is 18.2 Å². The Balaban J connectivity index is 2.00. The molecule has 0 unspecified atom stereocenters. The monoisotopic (exact) mass is 295 g/mol. The molecule has 0 aliphatic heterocycles. The largest absolute Gasteiger partial charge is 0.378 e. The molecule has 4 heteroatoms. The molecule has 4 nitrogen and oxygen atoms in total. The maximum absolute atomic E-state index is 11.9. The average molecular weight is 295 g/mol. The molecule has 1 aromatic carbocycles. The number of aromatic nitrogens is 2. The van der Waals surface area contributed by atoms with Gasteiger partial charge in [-0.15, -0.1) is 0 Å². The van der Waals surface area contributed by atoms with Gasteiger partial charge in [-0.2, -0.15) is 5.10 Å². The minimum atomic E-state index is -0.0417. The smallest absolute Gasteiger partial charge is 0.178 e. The summed E-state index contributed by atoms with van der Waals surface area (Å²) >= 11 is 0. The predicted molar refractivity (Wildman–Crippen MR) is 91.8 cm³/mol. The van der Waals surface area contributed by atoms with E-state index in [0.29, 0.717) is 0 Å². The van der Waals surface area contributed by atoms with Crippen LogP contribution in [0.25, 0.3) is 12.2 Å². The van der Waals surface area contributed by atoms with Crippen LogP contribution in [0.4, 0.5) is 5.69 Å². The van der Waals surface area contributed by atoms with Gasteiger partial charge in [-0.25, -0.2) is 0 Å². The van der Waals surface area contributed by atoms with Crippen LogP contribution < -0.4 is 4.90 Å². The van der Waals surface area contributed by atoms with E-state index in [2.05, 4.69) is 5.10 Å². The van der Waals surface area contributed by atoms with Crippen molar-refractivity contribution in [3.63, 3.8) is 0 Å². The molecule has 0 aliphatic rings. The third kappa shape index (κ3) is 3.95. The quantitative estimate of drug-likeness (QED) is 0.796. The summed E-state index contributed by atoms with van der Waals surface area (Å²) in [5, 5.41) is 4.14. The molecule has 1 aromatic heterocycles. The summed E-state index contributed by atoms with van der Waals surface area (Å²) < 4.78 is 1.78. The summed E-state index contributed by atoms with van der Waals surface area (Å²) in [6.07, 6.45) is 8.51. The van der Waals surface area contributed by atoms with Gasteiger partial charge in [0, 0.05) is 38.1 Å². The standard InChI is InChI=1S/C18H21N3O/c1-14-16(13-19-21(14)4)8-12-18(22)11-7-15-5-9-17(10-6-15)20(2)3/h5-13H,1-4H3/b11-7+,12-8+. The van der Waals surface area contributed by atoms with Gasteiger partial charge in [0.25, 0.3) is 0 Å². The lowest BCUT2D eigenvalue weighted by atomic mass is 10.1. The number of ketones is 1. The van der Waals surface area contributed by atoms with Crippen molar-refractivity contribution in [2.75, 3.05) is 19.0 Å². The fourth-order valence-corrected chi connectivity index (χ4v) is 1.97. The highest BCUT2D eigenvalue weighted by atomic mass is 16.1. The number of anilines is 1. The van der Waals surface area contributed by atoms with Crippen molar-refractivity contribution in [3.05, 3.63) is 59.4 Å². The predicted octanol–water partition coefficient (Wildman–Crippen LogP) is 3.09. The van der Waals surface area contributed by atoms with Crippen LogP contribution in [0.5, 0.6) is 0 Å². The molecule has 0 saturated heterocycles. The molecule has 0 bridgehead atoms. The lowest BCUT2D eigenvalue weighted by Crippen LogP contribution is -2.07. The Morgan fingerprint density at radius 2 is 1.77 bits per heavy atom. The van der Waals surface area contributed by atoms with Gasteiger partial charge in [0.1, 0.15) is 0 Å². The molecule has 0 N–H and O–H groups in total. The van der Waals surface area contributed by atoms with Crippen LogP contribution in [0.2, 0.25) is 0 Å². The Kier molecular flexibility index (Phi) is 4.94. The number of carbonyl (C=O) groups is 1. The zero-order valence-electron chi connectivity index (χ0n) is 13.4. The summed E-state index contributed by atoms with van der Waals surface area (Å²) in [7, 11) is 5.88. The van der Waals surface area contributed by atoms with Gasteiger partial charge in [-0.05, 0) is 42.8 Å². The van der Waals surface area contributed by atoms with E-state index >= 15 is 0 Å². The SMILES string of the molecule is Cc1c(/C=C/C(=O)/C=C/c2ccc(N(C)C)cc2)cnn1C. The number of aryl methyl sites for hydroxylation is 1. The van der Waals surface area contributed by atoms with E-state index in [9.17, 15) is 4.79 Å². The number of rotatable bonds is 5. The lowest BCUT2D eigenvalue weighted by molar-refractivity contribution is -0.110. The number of hydrogen-bond donors (Lipinski definition) is 0. The first-order valence-corrected chi connectivity index (χ1v) is 7.13. The summed E-state index contributed by atoms with van der Waals surface area (Å²) in [5.74, 6) is -0.0417. The van der Waals surface area contributed by atoms with Crippen molar-refractivity contribution in [3.8, 4) is 0 Å². The van der Waals surface area contributed by atoms with E-state index < -0.39 is 0 Å². The Morgan fingerprint density at radius 1 is 1.14 bits per heavy atom. The number of nitrogens with zero attached hydrogens (tertiary/aromatic N) is 3. The first-order chi connectivity index (χ1) is 10.5. The molecule has 0 aliphatic carbocycles. The average Bonchev–Trinajstić information content (AvgIpc) is 2.83. The second kappa shape index (κ2) is 6.89. The highest BCUT2D eigenvalue weighted by Crippen LogP contribution is 2.13. The van der Waals surface area contributed by atoms with Crippen LogP contribution >= 0.6 is 0 Å². The van der Waals surface area contributed by atoms with Crippen molar-refractivity contribution in [2.24, 2.45) is 7.05 Å². The summed E-state index contributed by atoms with van der Waals surface area (Å²) in [5.41, 5.74) is 4.13. The first kappa shape index (κ1) is 15.8. The summed E-state index contributed by atoms with van der Waals surface area (Å²) in [6.45, 7) is 1.97. The van der Waals surface area contributed by atoms with E-state index in [1.54, 1.807) is 29.1 Å². The zero-order valence-corrected chi connectivity index (χ0v) is 13.4. The zero-order chi connectivity index (χ0) is 16.1. The minimum Gasteiger partial charge on any atom is -0.378 e. The van der Waals surface area contributed by atoms with Crippen molar-refractivity contribution in [1.29, 1.82) is 0 Å². The second-order valence-electron chi connectivity index (χ2n) is 5.36. The third-order valence-corrected chi connectivity index (χ3v) is 3.55. The van der Waals surface area contributed by atoms with Gasteiger partial charge in [-0.3, -0.25) is 9.48 Å². The van der Waals surface area contributed by atoms with Crippen LogP contribution in [0.1, 0.15) is 16.8 Å². The molecule has 114 valence electrons. The van der Waals surface area contributed by atoms with Crippen molar-refractivity contribution < 1.29 is 4.79 Å². The number of allylic oxidation sites excluding steroid dienone is 2. The molecular weight excluding hydrogens is 274 g/mol. The van der Waals surface area contributed by atoms with Crippen molar-refractivity contribution >= 4 is 23.6 Å². The molecule has 0 atom stereocenters. The Labute approximate surface area is 131 Å². The van der Waals surface area contributed by atoms with Crippen LogP contribution in [0.15, 0.2) is 42.6 Å². The van der Waals surface area contributed by atoms with Crippen LogP contribution in [0.3, 0.4) is 0 Å². The molecule has 0 radical (unpaired) electrons. The van der Waals surface area contributed by atoms with E-state index in [-0.39, 0.29) is 5.78 Å². The highest BCUT2D eigenvalue weighted by molar-refractivity contribution is 6.04. The van der Waals surface area contributed by atoms with Crippen LogP contribution in [-0.4, -0.2) is 29.7 Å². The van der Waals surface area contributed by atoms with E-state index in [1.165, 1.54) is 0 Å². The maximum atomic E-state index is 11.9. The highest BCUT2D eigenvalue weighted by Gasteiger charge is 2.00. The van der Waals surface area contributed by atoms with Gasteiger partial charge in [0.15, 0.2) is 5.78 Å². The van der Waals surface area contributed by atoms with E-state index in [1.807, 2.05) is 63.3 Å². The molecule has 22 heavy (non-hydrogen) atoms. The molecule has 0 saturated carbocycles. The maximum Gasteiger partial charge on any atom is 0.178 e. The summed E-state index contributed by atoms with van der Waals surface area (Å²) in [6, 6.07) is 8.04.